The van der Waals surface area contributed by atoms with Crippen LogP contribution in [0.15, 0.2) is 59.7 Å². The molecule has 8 nitrogen and oxygen atoms in total. The van der Waals surface area contributed by atoms with Gasteiger partial charge in [-0.2, -0.15) is 21.0 Å². The predicted molar refractivity (Wildman–Crippen MR) is 138 cm³/mol. The van der Waals surface area contributed by atoms with E-state index in [0.717, 1.165) is 0 Å². The average Bonchev–Trinajstić information content (AvgIpc) is 3.42. The summed E-state index contributed by atoms with van der Waals surface area (Å²) in [5.41, 5.74) is 4.65. The molecule has 2 heterocycles. The maximum Gasteiger partial charge on any atom is 0.139 e. The van der Waals surface area contributed by atoms with Crippen molar-refractivity contribution in [2.45, 2.75) is 0 Å². The highest BCUT2D eigenvalue weighted by Crippen LogP contribution is 2.46. The van der Waals surface area contributed by atoms with Crippen molar-refractivity contribution in [1.29, 1.82) is 21.0 Å². The summed E-state index contributed by atoms with van der Waals surface area (Å²) in [6, 6.07) is 18.8. The fraction of sp³-hybridized carbons (Fsp3) is 0. The summed E-state index contributed by atoms with van der Waals surface area (Å²) in [7, 11) is 0. The van der Waals surface area contributed by atoms with E-state index in [-0.39, 0.29) is 33.7 Å². The lowest BCUT2D eigenvalue weighted by Crippen LogP contribution is -1.98. The first-order chi connectivity index (χ1) is 19.4. The molecule has 0 aliphatic heterocycles. The third-order valence-electron chi connectivity index (χ3n) is 6.88. The second-order valence-electron chi connectivity index (χ2n) is 9.00. The zero-order chi connectivity index (χ0) is 27.7. The van der Waals surface area contributed by atoms with Gasteiger partial charge in [0.05, 0.1) is 44.8 Å². The maximum atomic E-state index is 14.2. The molecule has 2 aliphatic rings. The number of halogens is 2. The Morgan fingerprint density at radius 3 is 1.18 bits per heavy atom. The zero-order valence-electron chi connectivity index (χ0n) is 20.0. The van der Waals surface area contributed by atoms with E-state index in [4.69, 9.17) is 19.9 Å². The molecule has 2 aliphatic carbocycles. The van der Waals surface area contributed by atoms with Gasteiger partial charge in [0.25, 0.3) is 0 Å². The number of benzene rings is 3. The minimum Gasteiger partial charge on any atom is -0.244 e. The van der Waals surface area contributed by atoms with Crippen molar-refractivity contribution in [2.24, 2.45) is 0 Å². The van der Waals surface area contributed by atoms with Crippen LogP contribution in [-0.2, 0) is 0 Å². The van der Waals surface area contributed by atoms with Gasteiger partial charge < -0.3 is 0 Å². The molecule has 0 N–H and O–H groups in total. The summed E-state index contributed by atoms with van der Waals surface area (Å²) < 4.78 is 28.3. The minimum absolute atomic E-state index is 0.194. The Labute approximate surface area is 223 Å². The van der Waals surface area contributed by atoms with Crippen LogP contribution in [0.1, 0.15) is 22.5 Å². The number of nitriles is 4. The van der Waals surface area contributed by atoms with Gasteiger partial charge in [-0.3, -0.25) is 0 Å². The van der Waals surface area contributed by atoms with Crippen LogP contribution in [0.3, 0.4) is 0 Å². The monoisotopic (exact) mass is 518 g/mol. The Hall–Kier alpha value is -6.36. The highest BCUT2D eigenvalue weighted by atomic mass is 19.1. The lowest BCUT2D eigenvalue weighted by Gasteiger charge is -2.07. The molecule has 0 spiro atoms. The van der Waals surface area contributed by atoms with E-state index in [1.165, 1.54) is 36.4 Å². The number of aromatic nitrogens is 4. The van der Waals surface area contributed by atoms with Crippen molar-refractivity contribution in [1.82, 2.24) is 19.9 Å². The van der Waals surface area contributed by atoms with Crippen molar-refractivity contribution < 1.29 is 8.78 Å². The zero-order valence-corrected chi connectivity index (χ0v) is 20.0. The maximum absolute atomic E-state index is 14.2. The molecule has 0 bridgehead atoms. The van der Waals surface area contributed by atoms with E-state index < -0.39 is 11.6 Å². The lowest BCUT2D eigenvalue weighted by molar-refractivity contribution is 0.627. The van der Waals surface area contributed by atoms with E-state index in [2.05, 4.69) is 0 Å². The summed E-state index contributed by atoms with van der Waals surface area (Å²) in [4.78, 5) is 18.9. The van der Waals surface area contributed by atoms with E-state index >= 15 is 0 Å². The first kappa shape index (κ1) is 22.8. The first-order valence-corrected chi connectivity index (χ1v) is 11.7. The smallest absolute Gasteiger partial charge is 0.139 e. The van der Waals surface area contributed by atoms with Gasteiger partial charge in [-0.1, -0.05) is 0 Å². The van der Waals surface area contributed by atoms with Gasteiger partial charge in [0, 0.05) is 22.3 Å². The third kappa shape index (κ3) is 2.99. The van der Waals surface area contributed by atoms with Gasteiger partial charge in [-0.15, -0.1) is 0 Å². The third-order valence-corrected chi connectivity index (χ3v) is 6.88. The number of hydrogen-bond donors (Lipinski definition) is 0. The van der Waals surface area contributed by atoms with Crippen LogP contribution < -0.4 is 0 Å². The largest absolute Gasteiger partial charge is 0.244 e. The van der Waals surface area contributed by atoms with Gasteiger partial charge in [-0.05, 0) is 59.7 Å². The Kier molecular flexibility index (Phi) is 4.60. The number of rotatable bonds is 0. The summed E-state index contributed by atoms with van der Waals surface area (Å²) in [6.45, 7) is 0. The van der Waals surface area contributed by atoms with Crippen LogP contribution in [0.25, 0.3) is 55.7 Å². The molecule has 5 aromatic rings. The molecule has 10 heteroatoms. The Morgan fingerprint density at radius 2 is 0.825 bits per heavy atom. The standard InChI is InChI=1S/C30H8F2N8/c31-15-1-3-17-19(5-15)25(13(9-33)10-34)29-27(17)37-21-7-22-24(8-23(21)39-29)40-30-26(14(11-35)12-36)20-6-16(32)2-4-18(20)28(30)38-22/h1-8H. The summed E-state index contributed by atoms with van der Waals surface area (Å²) in [5.74, 6) is -1.06. The van der Waals surface area contributed by atoms with Crippen molar-refractivity contribution in [3.63, 3.8) is 0 Å². The fourth-order valence-corrected chi connectivity index (χ4v) is 5.23. The quantitative estimate of drug-likeness (QED) is 0.189. The first-order valence-electron chi connectivity index (χ1n) is 11.7. The molecule has 2 aromatic heterocycles. The molecule has 0 saturated carbocycles. The molecule has 7 rings (SSSR count). The molecule has 0 amide bonds. The van der Waals surface area contributed by atoms with Gasteiger partial charge in [-0.25, -0.2) is 28.7 Å². The Balaban J connectivity index is 1.54. The van der Waals surface area contributed by atoms with Crippen LogP contribution in [0.4, 0.5) is 8.78 Å². The molecular formula is C30H8F2N8. The summed E-state index contributed by atoms with van der Waals surface area (Å²) >= 11 is 0. The van der Waals surface area contributed by atoms with Crippen molar-refractivity contribution in [3.8, 4) is 46.8 Å². The van der Waals surface area contributed by atoms with Crippen LogP contribution in [0.2, 0.25) is 0 Å². The van der Waals surface area contributed by atoms with Crippen molar-refractivity contribution in [2.75, 3.05) is 0 Å². The minimum atomic E-state index is -0.532. The number of nitrogens with zero attached hydrogens (tertiary/aromatic N) is 8. The predicted octanol–water partition coefficient (Wildman–Crippen LogP) is 5.51. The highest BCUT2D eigenvalue weighted by molar-refractivity contribution is 6.06. The van der Waals surface area contributed by atoms with Crippen LogP contribution in [-0.4, -0.2) is 19.9 Å². The number of allylic oxidation sites excluding steroid dienone is 2. The molecule has 0 radical (unpaired) electrons. The topological polar surface area (TPSA) is 147 Å². The van der Waals surface area contributed by atoms with E-state index in [1.807, 2.05) is 24.3 Å². The summed E-state index contributed by atoms with van der Waals surface area (Å²) in [5, 5.41) is 38.4. The van der Waals surface area contributed by atoms with Crippen LogP contribution >= 0.6 is 0 Å². The second-order valence-corrected chi connectivity index (χ2v) is 9.00. The molecular weight excluding hydrogens is 510 g/mol. The number of fused-ring (bicyclic) bond motifs is 8. The van der Waals surface area contributed by atoms with Gasteiger partial charge in [0.2, 0.25) is 0 Å². The Bertz CT molecular complexity index is 2100. The fourth-order valence-electron chi connectivity index (χ4n) is 5.23. The lowest BCUT2D eigenvalue weighted by atomic mass is 10.0. The van der Waals surface area contributed by atoms with Gasteiger partial charge in [0.15, 0.2) is 0 Å². The van der Waals surface area contributed by atoms with Gasteiger partial charge >= 0.3 is 0 Å². The highest BCUT2D eigenvalue weighted by Gasteiger charge is 2.32. The molecule has 3 aromatic carbocycles. The van der Waals surface area contributed by atoms with Gasteiger partial charge in [0.1, 0.15) is 47.1 Å². The molecule has 0 atom stereocenters. The molecule has 0 saturated heterocycles. The van der Waals surface area contributed by atoms with E-state index in [1.54, 1.807) is 12.1 Å². The average molecular weight is 518 g/mol. The SMILES string of the molecule is N#CC(C#N)=C1c2cc(F)ccc2-c2nc3cc4nc5c(nc4cc3nc21)C(=C(C#N)C#N)c1cc(F)ccc1-5. The molecule has 182 valence electrons. The Morgan fingerprint density at radius 1 is 0.475 bits per heavy atom. The van der Waals surface area contributed by atoms with Crippen LogP contribution in [0, 0.1) is 57.0 Å². The van der Waals surface area contributed by atoms with E-state index in [0.29, 0.717) is 55.7 Å². The summed E-state index contributed by atoms with van der Waals surface area (Å²) in [6.07, 6.45) is 0. The van der Waals surface area contributed by atoms with Crippen molar-refractivity contribution in [3.05, 3.63) is 93.8 Å². The van der Waals surface area contributed by atoms with Crippen molar-refractivity contribution >= 4 is 33.2 Å². The molecule has 40 heavy (non-hydrogen) atoms. The second kappa shape index (κ2) is 8.07. The van der Waals surface area contributed by atoms with Crippen LogP contribution in [0.5, 0.6) is 0 Å². The molecule has 0 fully saturated rings. The number of hydrogen-bond acceptors (Lipinski definition) is 8. The van der Waals surface area contributed by atoms with E-state index in [9.17, 15) is 29.8 Å². The normalized spacial score (nSPS) is 12.1. The molecule has 0 unspecified atom stereocenters.